The summed E-state index contributed by atoms with van der Waals surface area (Å²) >= 11 is 1.69. The highest BCUT2D eigenvalue weighted by atomic mass is 32.1. The molecule has 1 aromatic rings. The average molecular weight is 280 g/mol. The average Bonchev–Trinajstić information content (AvgIpc) is 3.10. The van der Waals surface area contributed by atoms with Gasteiger partial charge in [-0.2, -0.15) is 0 Å². The van der Waals surface area contributed by atoms with E-state index in [1.54, 1.807) is 11.3 Å². The Balaban J connectivity index is 1.55. The van der Waals surface area contributed by atoms with Gasteiger partial charge in [-0.3, -0.25) is 9.80 Å². The van der Waals surface area contributed by atoms with E-state index in [4.69, 9.17) is 5.73 Å². The fourth-order valence-corrected chi connectivity index (χ4v) is 3.96. The summed E-state index contributed by atoms with van der Waals surface area (Å²) in [6.07, 6.45) is 3.62. The highest BCUT2D eigenvalue weighted by Gasteiger charge is 2.32. The van der Waals surface area contributed by atoms with Crippen molar-refractivity contribution >= 4 is 11.3 Å². The highest BCUT2D eigenvalue weighted by Crippen LogP contribution is 2.27. The monoisotopic (exact) mass is 280 g/mol. The lowest BCUT2D eigenvalue weighted by Crippen LogP contribution is -2.46. The molecule has 2 aliphatic heterocycles. The minimum absolute atomic E-state index is 0.433. The third-order valence-corrected chi connectivity index (χ3v) is 5.32. The maximum absolute atomic E-state index is 5.99. The van der Waals surface area contributed by atoms with E-state index in [-0.39, 0.29) is 0 Å². The van der Waals surface area contributed by atoms with Crippen LogP contribution < -0.4 is 5.73 Å². The molecule has 3 rings (SSSR count). The number of likely N-dealkylation sites (tertiary alicyclic amines) is 2. The minimum Gasteiger partial charge on any atom is -0.328 e. The van der Waals surface area contributed by atoms with E-state index < -0.39 is 0 Å². The van der Waals surface area contributed by atoms with Crippen molar-refractivity contribution in [3.63, 3.8) is 0 Å². The van der Waals surface area contributed by atoms with Gasteiger partial charge >= 0.3 is 0 Å². The van der Waals surface area contributed by atoms with Crippen LogP contribution in [0.15, 0.2) is 10.9 Å². The molecule has 19 heavy (non-hydrogen) atoms. The van der Waals surface area contributed by atoms with Crippen LogP contribution in [0.5, 0.6) is 0 Å². The predicted molar refractivity (Wildman–Crippen MR) is 79.3 cm³/mol. The molecule has 0 amide bonds. The summed E-state index contributed by atoms with van der Waals surface area (Å²) < 4.78 is 0. The minimum atomic E-state index is 0.433. The number of piperidine rings is 1. The summed E-state index contributed by atoms with van der Waals surface area (Å²) in [5.74, 6) is 0. The van der Waals surface area contributed by atoms with E-state index in [0.29, 0.717) is 12.1 Å². The Bertz CT molecular complexity index is 386. The molecule has 0 saturated carbocycles. The van der Waals surface area contributed by atoms with Crippen molar-refractivity contribution in [1.29, 1.82) is 0 Å². The second-order valence-corrected chi connectivity index (χ2v) is 6.62. The highest BCUT2D eigenvalue weighted by molar-refractivity contribution is 7.07. The molecular weight excluding hydrogens is 256 g/mol. The molecule has 1 aromatic heterocycles. The molecule has 0 spiro atoms. The number of hydrogen-bond donors (Lipinski definition) is 1. The van der Waals surface area contributed by atoms with Crippen LogP contribution in [0.2, 0.25) is 0 Å². The first kappa shape index (κ1) is 13.5. The van der Waals surface area contributed by atoms with E-state index in [9.17, 15) is 0 Å². The summed E-state index contributed by atoms with van der Waals surface area (Å²) in [6, 6.07) is 1.62. The number of rotatable bonds is 3. The molecular formula is C14H24N4S. The van der Waals surface area contributed by atoms with Gasteiger partial charge in [0.15, 0.2) is 0 Å². The van der Waals surface area contributed by atoms with E-state index in [1.807, 2.05) is 5.51 Å². The molecule has 0 aromatic carbocycles. The van der Waals surface area contributed by atoms with Crippen molar-refractivity contribution in [3.05, 3.63) is 16.6 Å². The standard InChI is InChI=1S/C14H24N4S/c1-11(14-9-19-10-16-14)18-7-4-13(8-18)17-5-2-12(15)3-6-17/h9-13H,2-8,15H2,1H3. The van der Waals surface area contributed by atoms with Crippen LogP contribution >= 0.6 is 11.3 Å². The van der Waals surface area contributed by atoms with Crippen LogP contribution in [0.1, 0.15) is 37.9 Å². The zero-order valence-electron chi connectivity index (χ0n) is 11.7. The van der Waals surface area contributed by atoms with Crippen molar-refractivity contribution in [3.8, 4) is 0 Å². The topological polar surface area (TPSA) is 45.4 Å². The van der Waals surface area contributed by atoms with Crippen LogP contribution in [-0.4, -0.2) is 53.0 Å². The molecule has 0 radical (unpaired) electrons. The van der Waals surface area contributed by atoms with Crippen LogP contribution in [0.3, 0.4) is 0 Å². The Morgan fingerprint density at radius 2 is 2.11 bits per heavy atom. The molecule has 2 N–H and O–H groups in total. The number of nitrogens with zero attached hydrogens (tertiary/aromatic N) is 3. The van der Waals surface area contributed by atoms with E-state index in [0.717, 1.165) is 18.9 Å². The third-order valence-electron chi connectivity index (χ3n) is 4.71. The SMILES string of the molecule is CC(c1cscn1)N1CCC(N2CCC(N)CC2)C1. The third kappa shape index (κ3) is 2.99. The molecule has 4 nitrogen and oxygen atoms in total. The Hall–Kier alpha value is -0.490. The quantitative estimate of drug-likeness (QED) is 0.915. The molecule has 2 saturated heterocycles. The van der Waals surface area contributed by atoms with E-state index in [2.05, 4.69) is 27.1 Å². The Morgan fingerprint density at radius 3 is 2.79 bits per heavy atom. The van der Waals surface area contributed by atoms with Crippen molar-refractivity contribution in [1.82, 2.24) is 14.8 Å². The van der Waals surface area contributed by atoms with Crippen LogP contribution in [0.25, 0.3) is 0 Å². The summed E-state index contributed by atoms with van der Waals surface area (Å²) in [5, 5.41) is 2.18. The van der Waals surface area contributed by atoms with E-state index in [1.165, 1.54) is 38.3 Å². The lowest BCUT2D eigenvalue weighted by Gasteiger charge is -2.35. The van der Waals surface area contributed by atoms with Gasteiger partial charge in [-0.1, -0.05) is 0 Å². The summed E-state index contributed by atoms with van der Waals surface area (Å²) in [5.41, 5.74) is 9.16. The van der Waals surface area contributed by atoms with Crippen molar-refractivity contribution in [2.24, 2.45) is 5.73 Å². The first-order valence-electron chi connectivity index (χ1n) is 7.36. The largest absolute Gasteiger partial charge is 0.328 e. The second kappa shape index (κ2) is 5.87. The zero-order chi connectivity index (χ0) is 13.2. The summed E-state index contributed by atoms with van der Waals surface area (Å²) in [7, 11) is 0. The number of thiazole rings is 1. The van der Waals surface area contributed by atoms with Gasteiger partial charge in [0.25, 0.3) is 0 Å². The zero-order valence-corrected chi connectivity index (χ0v) is 12.5. The lowest BCUT2D eigenvalue weighted by molar-refractivity contribution is 0.145. The fraction of sp³-hybridized carbons (Fsp3) is 0.786. The van der Waals surface area contributed by atoms with Gasteiger partial charge in [0.05, 0.1) is 17.2 Å². The van der Waals surface area contributed by atoms with Crippen molar-refractivity contribution in [2.45, 2.75) is 44.3 Å². The molecule has 0 bridgehead atoms. The molecule has 2 unspecified atom stereocenters. The number of aromatic nitrogens is 1. The number of hydrogen-bond acceptors (Lipinski definition) is 5. The Morgan fingerprint density at radius 1 is 1.32 bits per heavy atom. The molecule has 2 atom stereocenters. The summed E-state index contributed by atoms with van der Waals surface area (Å²) in [4.78, 5) is 9.68. The first-order valence-corrected chi connectivity index (χ1v) is 8.30. The van der Waals surface area contributed by atoms with Gasteiger partial charge < -0.3 is 5.73 Å². The fourth-order valence-electron chi connectivity index (χ4n) is 3.32. The van der Waals surface area contributed by atoms with Crippen molar-refractivity contribution < 1.29 is 0 Å². The number of nitrogens with two attached hydrogens (primary N) is 1. The van der Waals surface area contributed by atoms with Crippen LogP contribution in [0.4, 0.5) is 0 Å². The lowest BCUT2D eigenvalue weighted by atomic mass is 10.0. The van der Waals surface area contributed by atoms with Gasteiger partial charge in [-0.25, -0.2) is 4.98 Å². The smallest absolute Gasteiger partial charge is 0.0795 e. The molecule has 3 heterocycles. The normalized spacial score (nSPS) is 28.8. The predicted octanol–water partition coefficient (Wildman–Crippen LogP) is 1.70. The maximum Gasteiger partial charge on any atom is 0.0795 e. The Kier molecular flexibility index (Phi) is 4.17. The van der Waals surface area contributed by atoms with Gasteiger partial charge in [0, 0.05) is 30.6 Å². The molecule has 0 aliphatic carbocycles. The van der Waals surface area contributed by atoms with Gasteiger partial charge in [0.1, 0.15) is 0 Å². The van der Waals surface area contributed by atoms with Gasteiger partial charge in [-0.05, 0) is 39.3 Å². The summed E-state index contributed by atoms with van der Waals surface area (Å²) in [6.45, 7) is 7.04. The Labute approximate surface area is 119 Å². The second-order valence-electron chi connectivity index (χ2n) is 5.90. The first-order chi connectivity index (χ1) is 9.24. The molecule has 2 fully saturated rings. The van der Waals surface area contributed by atoms with Crippen LogP contribution in [-0.2, 0) is 0 Å². The van der Waals surface area contributed by atoms with Crippen molar-refractivity contribution in [2.75, 3.05) is 26.2 Å². The molecule has 106 valence electrons. The maximum atomic E-state index is 5.99. The van der Waals surface area contributed by atoms with Gasteiger partial charge in [-0.15, -0.1) is 11.3 Å². The molecule has 2 aliphatic rings. The van der Waals surface area contributed by atoms with Crippen LogP contribution in [0, 0.1) is 0 Å². The van der Waals surface area contributed by atoms with Gasteiger partial charge in [0.2, 0.25) is 0 Å². The van der Waals surface area contributed by atoms with E-state index >= 15 is 0 Å². The molecule has 5 heteroatoms.